The van der Waals surface area contributed by atoms with Gasteiger partial charge in [-0.2, -0.15) is 0 Å². The second kappa shape index (κ2) is 8.72. The minimum Gasteiger partial charge on any atom is -0.375 e. The van der Waals surface area contributed by atoms with Crippen molar-refractivity contribution in [2.45, 2.75) is 44.8 Å². The van der Waals surface area contributed by atoms with E-state index in [0.29, 0.717) is 12.3 Å². The predicted molar refractivity (Wildman–Crippen MR) is 132 cm³/mol. The van der Waals surface area contributed by atoms with Crippen molar-refractivity contribution in [3.8, 4) is 11.3 Å². The van der Waals surface area contributed by atoms with E-state index in [0.717, 1.165) is 47.1 Å². The molecular weight excluding hydrogens is 432 g/mol. The smallest absolute Gasteiger partial charge is 0.270 e. The highest BCUT2D eigenvalue weighted by Crippen LogP contribution is 2.26. The van der Waals surface area contributed by atoms with Gasteiger partial charge in [0.1, 0.15) is 11.3 Å². The second-order valence-corrected chi connectivity index (χ2v) is 10.1. The lowest BCUT2D eigenvalue weighted by molar-refractivity contribution is -0.0615. The molecule has 1 fully saturated rings. The molecule has 0 aliphatic carbocycles. The third-order valence-electron chi connectivity index (χ3n) is 6.26. The predicted octanol–water partition coefficient (Wildman–Crippen LogP) is 4.98. The standard InChI is InChI=1S/C26H28N4O2S/c1-26(2)14-20(9-11-32-26)28-25(31)22-13-19(21-8-10-30(3)24(21)29-22)12-17-4-6-18(7-5-17)23-15-33-16-27-23/h4-8,10,13,15-16,20H,9,11-12,14H2,1-3H3,(H,28,31). The second-order valence-electron chi connectivity index (χ2n) is 9.35. The maximum Gasteiger partial charge on any atom is 0.270 e. The van der Waals surface area contributed by atoms with Crippen LogP contribution in [0.25, 0.3) is 22.3 Å². The van der Waals surface area contributed by atoms with Crippen LogP contribution in [0.4, 0.5) is 0 Å². The summed E-state index contributed by atoms with van der Waals surface area (Å²) >= 11 is 1.60. The Bertz CT molecular complexity index is 1280. The number of hydrogen-bond donors (Lipinski definition) is 1. The summed E-state index contributed by atoms with van der Waals surface area (Å²) in [6, 6.07) is 12.6. The number of fused-ring (bicyclic) bond motifs is 1. The zero-order chi connectivity index (χ0) is 23.0. The largest absolute Gasteiger partial charge is 0.375 e. The van der Waals surface area contributed by atoms with Gasteiger partial charge in [-0.15, -0.1) is 11.3 Å². The van der Waals surface area contributed by atoms with E-state index in [9.17, 15) is 4.79 Å². The van der Waals surface area contributed by atoms with E-state index in [1.54, 1.807) is 11.3 Å². The molecule has 1 atom stereocenters. The summed E-state index contributed by atoms with van der Waals surface area (Å²) in [5, 5.41) is 6.31. The monoisotopic (exact) mass is 460 g/mol. The van der Waals surface area contributed by atoms with E-state index in [4.69, 9.17) is 9.72 Å². The van der Waals surface area contributed by atoms with Crippen molar-refractivity contribution in [1.82, 2.24) is 19.9 Å². The number of aryl methyl sites for hydroxylation is 1. The molecule has 0 radical (unpaired) electrons. The number of carbonyl (C=O) groups excluding carboxylic acids is 1. The van der Waals surface area contributed by atoms with Crippen LogP contribution >= 0.6 is 11.3 Å². The normalized spacial score (nSPS) is 17.8. The molecule has 5 rings (SSSR count). The van der Waals surface area contributed by atoms with Crippen molar-refractivity contribution in [3.63, 3.8) is 0 Å². The summed E-state index contributed by atoms with van der Waals surface area (Å²) in [6.07, 6.45) is 4.34. The average molecular weight is 461 g/mol. The topological polar surface area (TPSA) is 69.0 Å². The molecule has 3 aromatic heterocycles. The van der Waals surface area contributed by atoms with Gasteiger partial charge >= 0.3 is 0 Å². The number of nitrogens with zero attached hydrogens (tertiary/aromatic N) is 3. The van der Waals surface area contributed by atoms with Gasteiger partial charge in [0, 0.05) is 42.2 Å². The Morgan fingerprint density at radius 2 is 2.09 bits per heavy atom. The molecule has 4 heterocycles. The molecule has 1 N–H and O–H groups in total. The van der Waals surface area contributed by atoms with Crippen LogP contribution in [0.1, 0.15) is 48.3 Å². The van der Waals surface area contributed by atoms with Gasteiger partial charge in [-0.05, 0) is 56.4 Å². The first kappa shape index (κ1) is 21.8. The van der Waals surface area contributed by atoms with E-state index in [1.165, 1.54) is 5.56 Å². The SMILES string of the molecule is Cn1ccc2c(Cc3ccc(-c4cscn4)cc3)cc(C(=O)NC3CCOC(C)(C)C3)nc21. The zero-order valence-electron chi connectivity index (χ0n) is 19.2. The van der Waals surface area contributed by atoms with Crippen molar-refractivity contribution in [1.29, 1.82) is 0 Å². The number of nitrogens with one attached hydrogen (secondary N) is 1. The summed E-state index contributed by atoms with van der Waals surface area (Å²) in [5.74, 6) is -0.124. The molecule has 1 amide bonds. The number of hydrogen-bond acceptors (Lipinski definition) is 5. The van der Waals surface area contributed by atoms with Crippen molar-refractivity contribution < 1.29 is 9.53 Å². The number of thiazole rings is 1. The molecule has 1 aliphatic heterocycles. The first-order valence-electron chi connectivity index (χ1n) is 11.3. The maximum atomic E-state index is 13.2. The highest BCUT2D eigenvalue weighted by molar-refractivity contribution is 7.07. The van der Waals surface area contributed by atoms with Gasteiger partial charge in [0.15, 0.2) is 0 Å². The highest BCUT2D eigenvalue weighted by Gasteiger charge is 2.30. The van der Waals surface area contributed by atoms with E-state index in [2.05, 4.69) is 59.9 Å². The van der Waals surface area contributed by atoms with Gasteiger partial charge in [-0.1, -0.05) is 24.3 Å². The fraction of sp³-hybridized carbons (Fsp3) is 0.346. The first-order chi connectivity index (χ1) is 15.9. The van der Waals surface area contributed by atoms with Gasteiger partial charge < -0.3 is 14.6 Å². The Kier molecular flexibility index (Phi) is 5.76. The van der Waals surface area contributed by atoms with Crippen LogP contribution < -0.4 is 5.32 Å². The molecule has 1 unspecified atom stereocenters. The summed E-state index contributed by atoms with van der Waals surface area (Å²) < 4.78 is 7.76. The number of aromatic nitrogens is 3. The summed E-state index contributed by atoms with van der Waals surface area (Å²) in [5.41, 5.74) is 7.30. The van der Waals surface area contributed by atoms with Crippen LogP contribution in [0.3, 0.4) is 0 Å². The van der Waals surface area contributed by atoms with Crippen LogP contribution in [-0.4, -0.2) is 38.7 Å². The van der Waals surface area contributed by atoms with Crippen LogP contribution in [0.2, 0.25) is 0 Å². The number of amides is 1. The Morgan fingerprint density at radius 3 is 2.82 bits per heavy atom. The summed E-state index contributed by atoms with van der Waals surface area (Å²) in [4.78, 5) is 22.2. The minimum atomic E-state index is -0.221. The molecule has 6 nitrogen and oxygen atoms in total. The van der Waals surface area contributed by atoms with E-state index in [1.807, 2.05) is 29.4 Å². The number of benzene rings is 1. The number of ether oxygens (including phenoxy) is 1. The van der Waals surface area contributed by atoms with Crippen molar-refractivity contribution in [2.24, 2.45) is 7.05 Å². The Hall–Kier alpha value is -3.03. The van der Waals surface area contributed by atoms with Gasteiger partial charge in [0.2, 0.25) is 0 Å². The lowest BCUT2D eigenvalue weighted by Gasteiger charge is -2.35. The number of carbonyl (C=O) groups is 1. The van der Waals surface area contributed by atoms with Gasteiger partial charge in [-0.3, -0.25) is 4.79 Å². The Labute approximate surface area is 197 Å². The van der Waals surface area contributed by atoms with Gasteiger partial charge in [0.25, 0.3) is 5.91 Å². The van der Waals surface area contributed by atoms with E-state index >= 15 is 0 Å². The molecule has 0 saturated carbocycles. The van der Waals surface area contributed by atoms with Gasteiger partial charge in [-0.25, -0.2) is 9.97 Å². The van der Waals surface area contributed by atoms with Crippen LogP contribution in [0.5, 0.6) is 0 Å². The molecular formula is C26H28N4O2S. The third kappa shape index (κ3) is 4.70. The molecule has 0 bridgehead atoms. The summed E-state index contributed by atoms with van der Waals surface area (Å²) in [7, 11) is 1.96. The number of pyridine rings is 1. The molecule has 1 aliphatic rings. The third-order valence-corrected chi connectivity index (χ3v) is 6.85. The molecule has 33 heavy (non-hydrogen) atoms. The average Bonchev–Trinajstić information content (AvgIpc) is 3.44. The van der Waals surface area contributed by atoms with Crippen LogP contribution in [0.15, 0.2) is 53.5 Å². The number of rotatable bonds is 5. The first-order valence-corrected chi connectivity index (χ1v) is 12.2. The molecule has 1 saturated heterocycles. The quantitative estimate of drug-likeness (QED) is 0.456. The van der Waals surface area contributed by atoms with E-state index < -0.39 is 0 Å². The zero-order valence-corrected chi connectivity index (χ0v) is 20.0. The highest BCUT2D eigenvalue weighted by atomic mass is 32.1. The Balaban J connectivity index is 1.41. The molecule has 0 spiro atoms. The molecule has 170 valence electrons. The van der Waals surface area contributed by atoms with Crippen LogP contribution in [-0.2, 0) is 18.2 Å². The van der Waals surface area contributed by atoms with Crippen molar-refractivity contribution in [3.05, 3.63) is 70.3 Å². The fourth-order valence-corrected chi connectivity index (χ4v) is 5.11. The lowest BCUT2D eigenvalue weighted by Crippen LogP contribution is -2.46. The Morgan fingerprint density at radius 1 is 1.27 bits per heavy atom. The molecule has 7 heteroatoms. The van der Waals surface area contributed by atoms with E-state index in [-0.39, 0.29) is 17.6 Å². The fourth-order valence-electron chi connectivity index (χ4n) is 4.55. The van der Waals surface area contributed by atoms with Crippen LogP contribution in [0, 0.1) is 0 Å². The summed E-state index contributed by atoms with van der Waals surface area (Å²) in [6.45, 7) is 4.79. The van der Waals surface area contributed by atoms with Crippen molar-refractivity contribution in [2.75, 3.05) is 6.61 Å². The molecule has 1 aromatic carbocycles. The van der Waals surface area contributed by atoms with Gasteiger partial charge in [0.05, 0.1) is 16.8 Å². The lowest BCUT2D eigenvalue weighted by atomic mass is 9.94. The maximum absolute atomic E-state index is 13.2. The van der Waals surface area contributed by atoms with Crippen molar-refractivity contribution >= 4 is 28.3 Å². The minimum absolute atomic E-state index is 0.0915. The molecule has 4 aromatic rings.